The van der Waals surface area contributed by atoms with Gasteiger partial charge in [0.15, 0.2) is 0 Å². The van der Waals surface area contributed by atoms with Crippen molar-refractivity contribution in [1.82, 2.24) is 0 Å². The van der Waals surface area contributed by atoms with Gasteiger partial charge in [-0.15, -0.1) is 8.78 Å². The first kappa shape index (κ1) is 15.2. The van der Waals surface area contributed by atoms with Crippen molar-refractivity contribution in [2.45, 2.75) is 5.57 Å². The lowest BCUT2D eigenvalue weighted by Gasteiger charge is -2.11. The molecule has 0 aromatic heterocycles. The minimum atomic E-state index is -3.79. The summed E-state index contributed by atoms with van der Waals surface area (Å²) in [6.45, 7) is 0. The van der Waals surface area contributed by atoms with E-state index in [1.165, 1.54) is 36.4 Å². The third-order valence-corrected chi connectivity index (χ3v) is 2.53. The Morgan fingerprint density at radius 3 is 2.14 bits per heavy atom. The maximum atomic E-state index is 12.7. The van der Waals surface area contributed by atoms with Crippen LogP contribution in [0.5, 0.6) is 5.75 Å². The van der Waals surface area contributed by atoms with Crippen LogP contribution in [0.3, 0.4) is 0 Å². The van der Waals surface area contributed by atoms with Gasteiger partial charge in [0.1, 0.15) is 11.6 Å². The number of carbonyl (C=O) groups is 1. The highest BCUT2D eigenvalue weighted by molar-refractivity contribution is 6.20. The molecular weight excluding hydrogens is 307 g/mol. The van der Waals surface area contributed by atoms with Crippen molar-refractivity contribution in [3.8, 4) is 5.75 Å². The van der Waals surface area contributed by atoms with E-state index in [0.29, 0.717) is 5.69 Å². The van der Waals surface area contributed by atoms with E-state index in [4.69, 9.17) is 0 Å². The van der Waals surface area contributed by atoms with Gasteiger partial charge >= 0.3 is 5.57 Å². The Morgan fingerprint density at radius 2 is 1.62 bits per heavy atom. The standard InChI is InChI=1S/C14H9ClF3NO2/c15-14(17,18)21-12-7-5-11(6-8-12)19-13(20)9-1-3-10(16)4-2-9/h1-8H,(H,19,20). The van der Waals surface area contributed by atoms with E-state index in [0.717, 1.165) is 12.1 Å². The fourth-order valence-corrected chi connectivity index (χ4v) is 1.63. The van der Waals surface area contributed by atoms with Crippen LogP contribution in [0.25, 0.3) is 0 Å². The lowest BCUT2D eigenvalue weighted by atomic mass is 10.2. The van der Waals surface area contributed by atoms with Crippen LogP contribution in [0.15, 0.2) is 48.5 Å². The van der Waals surface area contributed by atoms with Crippen molar-refractivity contribution in [2.75, 3.05) is 5.32 Å². The minimum Gasteiger partial charge on any atom is -0.420 e. The predicted molar refractivity (Wildman–Crippen MR) is 72.2 cm³/mol. The zero-order chi connectivity index (χ0) is 15.5. The van der Waals surface area contributed by atoms with Gasteiger partial charge in [-0.1, -0.05) is 0 Å². The normalized spacial score (nSPS) is 11.0. The van der Waals surface area contributed by atoms with Gasteiger partial charge in [-0.2, -0.15) is 0 Å². The van der Waals surface area contributed by atoms with Crippen molar-refractivity contribution in [1.29, 1.82) is 0 Å². The number of benzene rings is 2. The summed E-state index contributed by atoms with van der Waals surface area (Å²) in [7, 11) is 0. The van der Waals surface area contributed by atoms with E-state index in [2.05, 4.69) is 21.7 Å². The smallest absolute Gasteiger partial charge is 0.420 e. The van der Waals surface area contributed by atoms with E-state index in [1.807, 2.05) is 0 Å². The number of rotatable bonds is 4. The summed E-state index contributed by atoms with van der Waals surface area (Å²) in [6.07, 6.45) is 0. The molecule has 0 saturated carbocycles. The number of ether oxygens (including phenoxy) is 1. The van der Waals surface area contributed by atoms with E-state index in [-0.39, 0.29) is 11.3 Å². The maximum absolute atomic E-state index is 12.7. The van der Waals surface area contributed by atoms with Crippen molar-refractivity contribution in [3.05, 3.63) is 59.9 Å². The zero-order valence-corrected chi connectivity index (χ0v) is 11.2. The topological polar surface area (TPSA) is 38.3 Å². The molecule has 1 amide bonds. The Balaban J connectivity index is 2.03. The third-order valence-electron chi connectivity index (χ3n) is 2.45. The molecule has 3 nitrogen and oxygen atoms in total. The Bertz CT molecular complexity index is 624. The SMILES string of the molecule is O=C(Nc1ccc(OC(F)(F)Cl)cc1)c1ccc(F)cc1. The van der Waals surface area contributed by atoms with Crippen LogP contribution in [0, 0.1) is 5.82 Å². The molecule has 21 heavy (non-hydrogen) atoms. The first-order valence-electron chi connectivity index (χ1n) is 5.76. The van der Waals surface area contributed by atoms with Crippen LogP contribution in [0.4, 0.5) is 18.9 Å². The van der Waals surface area contributed by atoms with E-state index in [1.54, 1.807) is 0 Å². The number of anilines is 1. The fourth-order valence-electron chi connectivity index (χ4n) is 1.54. The largest absolute Gasteiger partial charge is 0.487 e. The summed E-state index contributed by atoms with van der Waals surface area (Å²) in [6, 6.07) is 10.2. The molecule has 0 saturated heterocycles. The molecule has 2 aromatic carbocycles. The lowest BCUT2D eigenvalue weighted by molar-refractivity contribution is -0.0964. The van der Waals surface area contributed by atoms with Crippen LogP contribution >= 0.6 is 11.6 Å². The van der Waals surface area contributed by atoms with E-state index < -0.39 is 17.3 Å². The quantitative estimate of drug-likeness (QED) is 0.857. The average Bonchev–Trinajstić information content (AvgIpc) is 2.40. The number of amides is 1. The van der Waals surface area contributed by atoms with Gasteiger partial charge in [0.05, 0.1) is 0 Å². The predicted octanol–water partition coefficient (Wildman–Crippen LogP) is 4.25. The molecule has 0 aliphatic heterocycles. The molecule has 0 bridgehead atoms. The van der Waals surface area contributed by atoms with Crippen LogP contribution in [-0.4, -0.2) is 11.5 Å². The Kier molecular flexibility index (Phi) is 4.37. The second-order valence-electron chi connectivity index (χ2n) is 4.03. The van der Waals surface area contributed by atoms with Gasteiger partial charge in [0.25, 0.3) is 5.91 Å². The van der Waals surface area contributed by atoms with Gasteiger partial charge in [0.2, 0.25) is 0 Å². The van der Waals surface area contributed by atoms with Gasteiger partial charge in [0, 0.05) is 22.9 Å². The molecule has 1 N–H and O–H groups in total. The first-order valence-corrected chi connectivity index (χ1v) is 6.14. The second kappa shape index (κ2) is 6.05. The number of halogens is 4. The molecule has 0 unspecified atom stereocenters. The summed E-state index contributed by atoms with van der Waals surface area (Å²) in [5, 5.41) is 2.53. The van der Waals surface area contributed by atoms with Crippen LogP contribution in [-0.2, 0) is 0 Å². The molecule has 110 valence electrons. The van der Waals surface area contributed by atoms with E-state index >= 15 is 0 Å². The van der Waals surface area contributed by atoms with Gasteiger partial charge in [-0.05, 0) is 48.5 Å². The van der Waals surface area contributed by atoms with Crippen molar-refractivity contribution >= 4 is 23.2 Å². The summed E-state index contributed by atoms with van der Waals surface area (Å²) in [4.78, 5) is 11.8. The molecule has 2 aromatic rings. The highest BCUT2D eigenvalue weighted by atomic mass is 35.5. The van der Waals surface area contributed by atoms with E-state index in [9.17, 15) is 18.0 Å². The number of alkyl halides is 3. The molecular formula is C14H9ClF3NO2. The highest BCUT2D eigenvalue weighted by Crippen LogP contribution is 2.26. The molecule has 0 atom stereocenters. The second-order valence-corrected chi connectivity index (χ2v) is 4.47. The first-order chi connectivity index (χ1) is 9.83. The molecule has 0 fully saturated rings. The Labute approximate surface area is 123 Å². The van der Waals surface area contributed by atoms with Crippen LogP contribution in [0.1, 0.15) is 10.4 Å². The molecule has 0 radical (unpaired) electrons. The summed E-state index contributed by atoms with van der Waals surface area (Å²) in [5.41, 5.74) is -3.16. The number of hydrogen-bond acceptors (Lipinski definition) is 2. The molecule has 0 spiro atoms. The number of carbonyl (C=O) groups excluding carboxylic acids is 1. The fraction of sp³-hybridized carbons (Fsp3) is 0.0714. The lowest BCUT2D eigenvalue weighted by Crippen LogP contribution is -2.15. The maximum Gasteiger partial charge on any atom is 0.487 e. The summed E-state index contributed by atoms with van der Waals surface area (Å²) in [5.74, 6) is -1.05. The summed E-state index contributed by atoms with van der Waals surface area (Å²) >= 11 is 4.63. The highest BCUT2D eigenvalue weighted by Gasteiger charge is 2.27. The molecule has 2 rings (SSSR count). The summed E-state index contributed by atoms with van der Waals surface area (Å²) < 4.78 is 41.7. The van der Waals surface area contributed by atoms with Crippen LogP contribution < -0.4 is 10.1 Å². The van der Waals surface area contributed by atoms with Crippen molar-refractivity contribution in [3.63, 3.8) is 0 Å². The average molecular weight is 316 g/mol. The third kappa shape index (κ3) is 4.68. The van der Waals surface area contributed by atoms with Crippen molar-refractivity contribution in [2.24, 2.45) is 0 Å². The molecule has 0 aliphatic rings. The van der Waals surface area contributed by atoms with Gasteiger partial charge in [-0.3, -0.25) is 4.79 Å². The minimum absolute atomic E-state index is 0.144. The number of nitrogens with one attached hydrogen (secondary N) is 1. The Morgan fingerprint density at radius 1 is 1.05 bits per heavy atom. The van der Waals surface area contributed by atoms with Gasteiger partial charge < -0.3 is 10.1 Å². The molecule has 0 heterocycles. The van der Waals surface area contributed by atoms with Crippen molar-refractivity contribution < 1.29 is 22.7 Å². The number of hydrogen-bond donors (Lipinski definition) is 1. The van der Waals surface area contributed by atoms with Gasteiger partial charge in [-0.25, -0.2) is 4.39 Å². The molecule has 0 aliphatic carbocycles. The monoisotopic (exact) mass is 315 g/mol. The molecule has 7 heteroatoms. The Hall–Kier alpha value is -2.21. The van der Waals surface area contributed by atoms with Crippen LogP contribution in [0.2, 0.25) is 0 Å². The zero-order valence-electron chi connectivity index (χ0n) is 10.4.